The Balaban J connectivity index is 2.06. The molecular formula is C15H14ClN3O2. The average Bonchev–Trinajstić information content (AvgIpc) is 2.48. The number of nitrogens with zero attached hydrogens (tertiary/aromatic N) is 1. The lowest BCUT2D eigenvalue weighted by Gasteiger charge is -2.07. The van der Waals surface area contributed by atoms with Crippen LogP contribution in [0.1, 0.15) is 12.5 Å². The third-order valence-corrected chi connectivity index (χ3v) is 2.91. The summed E-state index contributed by atoms with van der Waals surface area (Å²) in [6.45, 7) is 1.77. The fourth-order valence-electron chi connectivity index (χ4n) is 1.61. The van der Waals surface area contributed by atoms with Crippen molar-refractivity contribution in [3.05, 3.63) is 59.1 Å². The zero-order valence-corrected chi connectivity index (χ0v) is 12.1. The van der Waals surface area contributed by atoms with Gasteiger partial charge in [-0.25, -0.2) is 10.2 Å². The molecule has 21 heavy (non-hydrogen) atoms. The van der Waals surface area contributed by atoms with Crippen LogP contribution in [0.4, 0.5) is 4.79 Å². The lowest BCUT2D eigenvalue weighted by atomic mass is 10.1. The van der Waals surface area contributed by atoms with E-state index in [-0.39, 0.29) is 0 Å². The first-order valence-corrected chi connectivity index (χ1v) is 6.56. The van der Waals surface area contributed by atoms with Crippen LogP contribution in [0.3, 0.4) is 0 Å². The Morgan fingerprint density at radius 1 is 1.10 bits per heavy atom. The summed E-state index contributed by atoms with van der Waals surface area (Å²) < 4.78 is 5.68. The molecule has 6 heteroatoms. The summed E-state index contributed by atoms with van der Waals surface area (Å²) in [6, 6.07) is 13.7. The van der Waals surface area contributed by atoms with Crippen LogP contribution in [0.2, 0.25) is 5.02 Å². The largest absolute Gasteiger partial charge is 0.457 e. The summed E-state index contributed by atoms with van der Waals surface area (Å²) in [4.78, 5) is 10.6. The first kappa shape index (κ1) is 14.9. The quantitative estimate of drug-likeness (QED) is 0.669. The molecule has 3 N–H and O–H groups in total. The van der Waals surface area contributed by atoms with Gasteiger partial charge in [0.2, 0.25) is 0 Å². The Labute approximate surface area is 127 Å². The molecule has 2 rings (SSSR count). The van der Waals surface area contributed by atoms with Crippen molar-refractivity contribution in [3.63, 3.8) is 0 Å². The standard InChI is InChI=1S/C15H14ClN3O2/c1-10(18-19-15(17)20)11-2-6-13(7-3-11)21-14-8-4-12(16)5-9-14/h2-9H,1H3,(H3,17,19,20)/b18-10+. The highest BCUT2D eigenvalue weighted by atomic mass is 35.5. The smallest absolute Gasteiger partial charge is 0.332 e. The third kappa shape index (κ3) is 4.50. The van der Waals surface area contributed by atoms with E-state index in [1.54, 1.807) is 31.2 Å². The molecule has 0 unspecified atom stereocenters. The number of hydrazone groups is 1. The summed E-state index contributed by atoms with van der Waals surface area (Å²) in [6.07, 6.45) is 0. The van der Waals surface area contributed by atoms with Crippen molar-refractivity contribution < 1.29 is 9.53 Å². The average molecular weight is 304 g/mol. The van der Waals surface area contributed by atoms with Crippen molar-refractivity contribution >= 4 is 23.3 Å². The number of urea groups is 1. The van der Waals surface area contributed by atoms with Crippen molar-refractivity contribution in [2.45, 2.75) is 6.92 Å². The predicted octanol–water partition coefficient (Wildman–Crippen LogP) is 3.52. The maximum absolute atomic E-state index is 10.6. The maximum atomic E-state index is 10.6. The molecule has 0 aromatic heterocycles. The number of rotatable bonds is 4. The van der Waals surface area contributed by atoms with Gasteiger partial charge in [-0.2, -0.15) is 5.10 Å². The molecule has 0 radical (unpaired) electrons. The Kier molecular flexibility index (Phi) is 4.79. The molecule has 0 spiro atoms. The molecule has 0 bridgehead atoms. The van der Waals surface area contributed by atoms with Crippen LogP contribution in [0.25, 0.3) is 0 Å². The van der Waals surface area contributed by atoms with E-state index in [1.807, 2.05) is 24.3 Å². The summed E-state index contributed by atoms with van der Waals surface area (Å²) >= 11 is 5.81. The van der Waals surface area contributed by atoms with Gasteiger partial charge in [0, 0.05) is 5.02 Å². The van der Waals surface area contributed by atoms with E-state index >= 15 is 0 Å². The number of hydrogen-bond donors (Lipinski definition) is 2. The Morgan fingerprint density at radius 2 is 1.62 bits per heavy atom. The van der Waals surface area contributed by atoms with Gasteiger partial charge in [0.25, 0.3) is 0 Å². The monoisotopic (exact) mass is 303 g/mol. The van der Waals surface area contributed by atoms with Crippen LogP contribution in [0.5, 0.6) is 11.5 Å². The maximum Gasteiger partial charge on any atom is 0.332 e. The van der Waals surface area contributed by atoms with E-state index in [1.165, 1.54) is 0 Å². The van der Waals surface area contributed by atoms with Gasteiger partial charge in [0.05, 0.1) is 5.71 Å². The van der Waals surface area contributed by atoms with Gasteiger partial charge >= 0.3 is 6.03 Å². The van der Waals surface area contributed by atoms with Gasteiger partial charge in [0.15, 0.2) is 0 Å². The Bertz CT molecular complexity index is 652. The zero-order chi connectivity index (χ0) is 15.2. The molecular weight excluding hydrogens is 290 g/mol. The minimum absolute atomic E-state index is 0.645. The molecule has 2 aromatic rings. The molecule has 0 aliphatic carbocycles. The van der Waals surface area contributed by atoms with Crippen molar-refractivity contribution in [1.82, 2.24) is 5.43 Å². The van der Waals surface area contributed by atoms with Crippen molar-refractivity contribution in [2.24, 2.45) is 10.8 Å². The normalized spacial score (nSPS) is 11.0. The van der Waals surface area contributed by atoms with Gasteiger partial charge < -0.3 is 10.5 Å². The Morgan fingerprint density at radius 3 is 2.14 bits per heavy atom. The number of ether oxygens (including phenoxy) is 1. The van der Waals surface area contributed by atoms with Crippen molar-refractivity contribution in [3.8, 4) is 11.5 Å². The second kappa shape index (κ2) is 6.76. The summed E-state index contributed by atoms with van der Waals surface area (Å²) in [5.41, 5.74) is 8.64. The van der Waals surface area contributed by atoms with Crippen LogP contribution in [-0.2, 0) is 0 Å². The summed E-state index contributed by atoms with van der Waals surface area (Å²) in [5, 5.41) is 4.51. The predicted molar refractivity (Wildman–Crippen MR) is 82.9 cm³/mol. The van der Waals surface area contributed by atoms with Crippen LogP contribution >= 0.6 is 11.6 Å². The minimum atomic E-state index is -0.697. The highest BCUT2D eigenvalue weighted by Gasteiger charge is 2.01. The highest BCUT2D eigenvalue weighted by molar-refractivity contribution is 6.30. The molecule has 108 valence electrons. The minimum Gasteiger partial charge on any atom is -0.457 e. The van der Waals surface area contributed by atoms with E-state index in [9.17, 15) is 4.79 Å². The number of benzene rings is 2. The van der Waals surface area contributed by atoms with Crippen LogP contribution < -0.4 is 15.9 Å². The molecule has 2 aromatic carbocycles. The van der Waals surface area contributed by atoms with Gasteiger partial charge in [-0.05, 0) is 61.0 Å². The van der Waals surface area contributed by atoms with Crippen molar-refractivity contribution in [1.29, 1.82) is 0 Å². The number of carbonyl (C=O) groups excluding carboxylic acids is 1. The molecule has 0 aliphatic heterocycles. The molecule has 0 saturated carbocycles. The first-order chi connectivity index (χ1) is 10.0. The number of hydrogen-bond acceptors (Lipinski definition) is 3. The fourth-order valence-corrected chi connectivity index (χ4v) is 1.73. The van der Waals surface area contributed by atoms with Crippen LogP contribution in [0.15, 0.2) is 53.6 Å². The molecule has 0 heterocycles. The number of amides is 2. The van der Waals surface area contributed by atoms with E-state index in [2.05, 4.69) is 10.5 Å². The van der Waals surface area contributed by atoms with Gasteiger partial charge in [-0.3, -0.25) is 0 Å². The van der Waals surface area contributed by atoms with Crippen LogP contribution in [-0.4, -0.2) is 11.7 Å². The molecule has 2 amide bonds. The summed E-state index contributed by atoms with van der Waals surface area (Å²) in [7, 11) is 0. The number of halogens is 1. The Hall–Kier alpha value is -2.53. The van der Waals surface area contributed by atoms with Gasteiger partial charge in [-0.1, -0.05) is 11.6 Å². The first-order valence-electron chi connectivity index (χ1n) is 6.18. The topological polar surface area (TPSA) is 76.7 Å². The van der Waals surface area contributed by atoms with E-state index in [0.717, 1.165) is 5.56 Å². The van der Waals surface area contributed by atoms with E-state index in [4.69, 9.17) is 22.1 Å². The van der Waals surface area contributed by atoms with E-state index in [0.29, 0.717) is 22.2 Å². The molecule has 5 nitrogen and oxygen atoms in total. The molecule has 0 atom stereocenters. The van der Waals surface area contributed by atoms with E-state index < -0.39 is 6.03 Å². The van der Waals surface area contributed by atoms with Gasteiger partial charge in [0.1, 0.15) is 11.5 Å². The number of nitrogens with two attached hydrogens (primary N) is 1. The van der Waals surface area contributed by atoms with Gasteiger partial charge in [-0.15, -0.1) is 0 Å². The number of primary amides is 1. The zero-order valence-electron chi connectivity index (χ0n) is 11.3. The molecule has 0 fully saturated rings. The third-order valence-electron chi connectivity index (χ3n) is 2.66. The SMILES string of the molecule is C/C(=N\NC(N)=O)c1ccc(Oc2ccc(Cl)cc2)cc1. The lowest BCUT2D eigenvalue weighted by Crippen LogP contribution is -2.25. The lowest BCUT2D eigenvalue weighted by molar-refractivity contribution is 0.249. The number of carbonyl (C=O) groups is 1. The molecule has 0 saturated heterocycles. The second-order valence-corrected chi connectivity index (χ2v) is 4.69. The highest BCUT2D eigenvalue weighted by Crippen LogP contribution is 2.23. The van der Waals surface area contributed by atoms with Crippen LogP contribution in [0, 0.1) is 0 Å². The fraction of sp³-hybridized carbons (Fsp3) is 0.0667. The number of nitrogens with one attached hydrogen (secondary N) is 1. The summed E-state index contributed by atoms with van der Waals surface area (Å²) in [5.74, 6) is 1.39. The van der Waals surface area contributed by atoms with Crippen molar-refractivity contribution in [2.75, 3.05) is 0 Å². The molecule has 0 aliphatic rings. The second-order valence-electron chi connectivity index (χ2n) is 4.25.